The number of hydrogen-bond acceptors (Lipinski definition) is 2. The van der Waals surface area contributed by atoms with Crippen LogP contribution in [0, 0.1) is 0 Å². The van der Waals surface area contributed by atoms with Crippen molar-refractivity contribution in [1.29, 1.82) is 0 Å². The molecule has 0 spiro atoms. The van der Waals surface area contributed by atoms with E-state index in [4.69, 9.17) is 8.83 Å². The van der Waals surface area contributed by atoms with Gasteiger partial charge in [-0.3, -0.25) is 0 Å². The van der Waals surface area contributed by atoms with Crippen molar-refractivity contribution in [3.63, 3.8) is 0 Å². The van der Waals surface area contributed by atoms with E-state index >= 15 is 0 Å². The van der Waals surface area contributed by atoms with E-state index in [-0.39, 0.29) is 0 Å². The van der Waals surface area contributed by atoms with E-state index in [9.17, 15) is 0 Å². The van der Waals surface area contributed by atoms with Crippen LogP contribution in [0.15, 0.2) is 69.9 Å². The van der Waals surface area contributed by atoms with Gasteiger partial charge in [0, 0.05) is 10.8 Å². The third-order valence-electron chi connectivity index (χ3n) is 3.25. The highest BCUT2D eigenvalue weighted by molar-refractivity contribution is 5.87. The molecule has 0 fully saturated rings. The summed E-state index contributed by atoms with van der Waals surface area (Å²) in [5.41, 5.74) is 4.09. The molecule has 0 radical (unpaired) electrons. The fourth-order valence-electron chi connectivity index (χ4n) is 2.27. The molecule has 2 aromatic carbocycles. The van der Waals surface area contributed by atoms with Crippen LogP contribution >= 0.6 is 0 Å². The van der Waals surface area contributed by atoms with Crippen LogP contribution in [0.25, 0.3) is 33.1 Å². The van der Waals surface area contributed by atoms with E-state index in [1.165, 1.54) is 0 Å². The lowest BCUT2D eigenvalue weighted by Crippen LogP contribution is -1.77. The smallest absolute Gasteiger partial charge is 0.134 e. The minimum absolute atomic E-state index is 0.909. The van der Waals surface area contributed by atoms with Gasteiger partial charge in [0.1, 0.15) is 11.2 Å². The molecular weight excluding hydrogens is 224 g/mol. The fraction of sp³-hybridized carbons (Fsp3) is 0. The number of rotatable bonds is 1. The first-order chi connectivity index (χ1) is 8.90. The molecule has 0 amide bonds. The van der Waals surface area contributed by atoms with Crippen molar-refractivity contribution < 1.29 is 8.83 Å². The minimum atomic E-state index is 0.909. The van der Waals surface area contributed by atoms with Crippen molar-refractivity contribution in [3.05, 3.63) is 61.1 Å². The lowest BCUT2D eigenvalue weighted by Gasteiger charge is -2.01. The summed E-state index contributed by atoms with van der Waals surface area (Å²) in [6.45, 7) is 0. The van der Waals surface area contributed by atoms with Crippen molar-refractivity contribution in [3.8, 4) is 11.1 Å². The van der Waals surface area contributed by atoms with Gasteiger partial charge in [0.05, 0.1) is 12.5 Å². The van der Waals surface area contributed by atoms with E-state index in [0.717, 1.165) is 33.1 Å². The molecule has 0 unspecified atom stereocenters. The van der Waals surface area contributed by atoms with Crippen molar-refractivity contribution in [2.45, 2.75) is 0 Å². The van der Waals surface area contributed by atoms with Crippen molar-refractivity contribution >= 4 is 21.9 Å². The molecule has 0 saturated heterocycles. The maximum absolute atomic E-state index is 5.43. The molecule has 2 heterocycles. The molecule has 86 valence electrons. The molecule has 0 N–H and O–H groups in total. The molecule has 0 aliphatic rings. The highest BCUT2D eigenvalue weighted by Gasteiger charge is 2.04. The molecule has 0 aliphatic heterocycles. The quantitative estimate of drug-likeness (QED) is 0.470. The fourth-order valence-corrected chi connectivity index (χ4v) is 2.27. The molecule has 0 aliphatic carbocycles. The number of fused-ring (bicyclic) bond motifs is 2. The Balaban J connectivity index is 1.93. The van der Waals surface area contributed by atoms with E-state index < -0.39 is 0 Å². The molecule has 2 heteroatoms. The SMILES string of the molecule is c1cc2ccc(-c3ccc4ccoc4c3)cc2o1. The summed E-state index contributed by atoms with van der Waals surface area (Å²) in [5, 5.41) is 2.25. The largest absolute Gasteiger partial charge is 0.464 e. The van der Waals surface area contributed by atoms with Crippen LogP contribution in [0.4, 0.5) is 0 Å². The van der Waals surface area contributed by atoms with Gasteiger partial charge in [0.25, 0.3) is 0 Å². The minimum Gasteiger partial charge on any atom is -0.464 e. The number of benzene rings is 2. The summed E-state index contributed by atoms with van der Waals surface area (Å²) in [7, 11) is 0. The van der Waals surface area contributed by atoms with Crippen LogP contribution in [0.3, 0.4) is 0 Å². The normalized spacial score (nSPS) is 11.3. The first-order valence-electron chi connectivity index (χ1n) is 5.85. The van der Waals surface area contributed by atoms with Gasteiger partial charge in [0.15, 0.2) is 0 Å². The zero-order chi connectivity index (χ0) is 11.9. The number of hydrogen-bond donors (Lipinski definition) is 0. The predicted octanol–water partition coefficient (Wildman–Crippen LogP) is 4.85. The zero-order valence-corrected chi connectivity index (χ0v) is 9.59. The Bertz CT molecular complexity index is 764. The van der Waals surface area contributed by atoms with Gasteiger partial charge in [0.2, 0.25) is 0 Å². The van der Waals surface area contributed by atoms with Crippen LogP contribution in [-0.4, -0.2) is 0 Å². The van der Waals surface area contributed by atoms with Crippen LogP contribution in [0.2, 0.25) is 0 Å². The van der Waals surface area contributed by atoms with E-state index in [1.807, 2.05) is 12.1 Å². The summed E-state index contributed by atoms with van der Waals surface area (Å²) in [5.74, 6) is 0. The van der Waals surface area contributed by atoms with Crippen molar-refractivity contribution in [2.75, 3.05) is 0 Å². The predicted molar refractivity (Wildman–Crippen MR) is 71.4 cm³/mol. The highest BCUT2D eigenvalue weighted by Crippen LogP contribution is 2.28. The molecular formula is C16H10O2. The Morgan fingerprint density at radius 1 is 0.556 bits per heavy atom. The summed E-state index contributed by atoms with van der Waals surface area (Å²) < 4.78 is 10.9. The Labute approximate surface area is 103 Å². The van der Waals surface area contributed by atoms with Gasteiger partial charge in [-0.05, 0) is 35.4 Å². The van der Waals surface area contributed by atoms with Gasteiger partial charge in [-0.15, -0.1) is 0 Å². The maximum Gasteiger partial charge on any atom is 0.134 e. The summed E-state index contributed by atoms with van der Waals surface area (Å²) in [4.78, 5) is 0. The second kappa shape index (κ2) is 3.50. The van der Waals surface area contributed by atoms with Gasteiger partial charge in [-0.25, -0.2) is 0 Å². The van der Waals surface area contributed by atoms with E-state index in [2.05, 4.69) is 36.4 Å². The first kappa shape index (κ1) is 9.54. The molecule has 18 heavy (non-hydrogen) atoms. The molecule has 0 saturated carbocycles. The molecule has 2 aromatic heterocycles. The standard InChI is InChI=1S/C16H10O2/c1-3-13(9-15-11(1)5-7-17-15)14-4-2-12-6-8-18-16(12)10-14/h1-10H. The van der Waals surface area contributed by atoms with Gasteiger partial charge < -0.3 is 8.83 Å². The Kier molecular flexibility index (Phi) is 1.86. The Morgan fingerprint density at radius 3 is 1.56 bits per heavy atom. The summed E-state index contributed by atoms with van der Waals surface area (Å²) in [6, 6.07) is 16.4. The zero-order valence-electron chi connectivity index (χ0n) is 9.59. The topological polar surface area (TPSA) is 26.3 Å². The van der Waals surface area contributed by atoms with E-state index in [0.29, 0.717) is 0 Å². The molecule has 0 bridgehead atoms. The van der Waals surface area contributed by atoms with Crippen LogP contribution in [0.1, 0.15) is 0 Å². The van der Waals surface area contributed by atoms with Gasteiger partial charge in [-0.2, -0.15) is 0 Å². The number of furan rings is 2. The lowest BCUT2D eigenvalue weighted by atomic mass is 10.0. The average Bonchev–Trinajstić information content (AvgIpc) is 3.05. The van der Waals surface area contributed by atoms with Crippen LogP contribution in [-0.2, 0) is 0 Å². The molecule has 4 rings (SSSR count). The lowest BCUT2D eigenvalue weighted by molar-refractivity contribution is 0.615. The summed E-state index contributed by atoms with van der Waals surface area (Å²) in [6.07, 6.45) is 3.42. The average molecular weight is 234 g/mol. The monoisotopic (exact) mass is 234 g/mol. The molecule has 4 aromatic rings. The van der Waals surface area contributed by atoms with Gasteiger partial charge >= 0.3 is 0 Å². The summed E-state index contributed by atoms with van der Waals surface area (Å²) >= 11 is 0. The second-order valence-corrected chi connectivity index (χ2v) is 4.35. The molecule has 0 atom stereocenters. The van der Waals surface area contributed by atoms with Crippen molar-refractivity contribution in [2.24, 2.45) is 0 Å². The Morgan fingerprint density at radius 2 is 1.06 bits per heavy atom. The molecule has 2 nitrogen and oxygen atoms in total. The third-order valence-corrected chi connectivity index (χ3v) is 3.25. The van der Waals surface area contributed by atoms with Crippen LogP contribution in [0.5, 0.6) is 0 Å². The van der Waals surface area contributed by atoms with Crippen molar-refractivity contribution in [1.82, 2.24) is 0 Å². The second-order valence-electron chi connectivity index (χ2n) is 4.35. The van der Waals surface area contributed by atoms with Gasteiger partial charge in [-0.1, -0.05) is 24.3 Å². The van der Waals surface area contributed by atoms with Crippen LogP contribution < -0.4 is 0 Å². The highest BCUT2D eigenvalue weighted by atomic mass is 16.3. The Hall–Kier alpha value is -2.48. The first-order valence-corrected chi connectivity index (χ1v) is 5.85. The third kappa shape index (κ3) is 1.36. The maximum atomic E-state index is 5.43. The van der Waals surface area contributed by atoms with E-state index in [1.54, 1.807) is 12.5 Å².